The Hall–Kier alpha value is -2.45. The lowest BCUT2D eigenvalue weighted by atomic mass is 10.1. The molecule has 0 aliphatic rings. The van der Waals surface area contributed by atoms with Crippen molar-refractivity contribution in [1.82, 2.24) is 5.32 Å². The summed E-state index contributed by atoms with van der Waals surface area (Å²) in [7, 11) is 3.95. The van der Waals surface area contributed by atoms with Gasteiger partial charge in [0.1, 0.15) is 6.04 Å². The topological polar surface area (TPSA) is 86.7 Å². The second-order valence-electron chi connectivity index (χ2n) is 7.55. The van der Waals surface area contributed by atoms with Crippen molar-refractivity contribution in [2.75, 3.05) is 30.5 Å². The number of carbonyl (C=O) groups is 3. The molecular formula is C24H30N2O4S2. The van der Waals surface area contributed by atoms with E-state index in [1.807, 2.05) is 56.3 Å². The molecule has 0 radical (unpaired) electrons. The number of carboxylic acid groups (broad SMARTS) is 1. The van der Waals surface area contributed by atoms with Crippen molar-refractivity contribution in [3.05, 3.63) is 65.7 Å². The van der Waals surface area contributed by atoms with Gasteiger partial charge in [-0.1, -0.05) is 61.2 Å². The molecule has 172 valence electrons. The summed E-state index contributed by atoms with van der Waals surface area (Å²) in [6.07, 6.45) is 0.526. The average molecular weight is 475 g/mol. The molecule has 0 bridgehead atoms. The minimum absolute atomic E-state index is 0.0949. The molecule has 6 nitrogen and oxygen atoms in total. The van der Waals surface area contributed by atoms with Gasteiger partial charge in [0.25, 0.3) is 0 Å². The van der Waals surface area contributed by atoms with Gasteiger partial charge in [0, 0.05) is 48.5 Å². The van der Waals surface area contributed by atoms with Crippen LogP contribution in [0.15, 0.2) is 54.6 Å². The fourth-order valence-electron chi connectivity index (χ4n) is 2.86. The molecule has 0 saturated heterocycles. The molecule has 32 heavy (non-hydrogen) atoms. The molecule has 0 saturated carbocycles. The summed E-state index contributed by atoms with van der Waals surface area (Å²) in [5.41, 5.74) is 2.79. The third-order valence-electron chi connectivity index (χ3n) is 4.91. The Morgan fingerprint density at radius 1 is 1.00 bits per heavy atom. The van der Waals surface area contributed by atoms with Gasteiger partial charge >= 0.3 is 5.97 Å². The Morgan fingerprint density at radius 2 is 1.66 bits per heavy atom. The molecule has 0 aliphatic carbocycles. The summed E-state index contributed by atoms with van der Waals surface area (Å²) in [6, 6.07) is 16.0. The van der Waals surface area contributed by atoms with Crippen molar-refractivity contribution in [1.29, 1.82) is 0 Å². The summed E-state index contributed by atoms with van der Waals surface area (Å²) in [5, 5.41) is 12.1. The van der Waals surface area contributed by atoms with Crippen LogP contribution in [0.2, 0.25) is 0 Å². The lowest BCUT2D eigenvalue weighted by molar-refractivity contribution is -0.141. The van der Waals surface area contributed by atoms with Gasteiger partial charge in [-0.25, -0.2) is 4.79 Å². The Labute approximate surface area is 198 Å². The highest BCUT2D eigenvalue weighted by Crippen LogP contribution is 2.20. The lowest BCUT2D eigenvalue weighted by Crippen LogP contribution is -2.45. The van der Waals surface area contributed by atoms with Crippen molar-refractivity contribution in [3.8, 4) is 0 Å². The molecule has 0 spiro atoms. The van der Waals surface area contributed by atoms with E-state index >= 15 is 0 Å². The minimum atomic E-state index is -1.06. The highest BCUT2D eigenvalue weighted by molar-refractivity contribution is 8.14. The van der Waals surface area contributed by atoms with Crippen molar-refractivity contribution >= 4 is 46.2 Å². The van der Waals surface area contributed by atoms with E-state index in [0.29, 0.717) is 23.5 Å². The second-order valence-corrected chi connectivity index (χ2v) is 9.57. The van der Waals surface area contributed by atoms with Gasteiger partial charge in [-0.05, 0) is 24.1 Å². The van der Waals surface area contributed by atoms with Crippen LogP contribution >= 0.6 is 23.5 Å². The Morgan fingerprint density at radius 3 is 2.22 bits per heavy atom. The zero-order valence-electron chi connectivity index (χ0n) is 18.6. The number of nitrogens with one attached hydrogen (secondary N) is 1. The van der Waals surface area contributed by atoms with Crippen LogP contribution in [-0.4, -0.2) is 53.7 Å². The van der Waals surface area contributed by atoms with Gasteiger partial charge in [0.05, 0.1) is 0 Å². The molecule has 0 fully saturated rings. The highest BCUT2D eigenvalue weighted by atomic mass is 32.2. The number of thioether (sulfide) groups is 2. The Kier molecular flexibility index (Phi) is 10.6. The molecule has 0 heterocycles. The van der Waals surface area contributed by atoms with Gasteiger partial charge in [0.15, 0.2) is 0 Å². The molecule has 2 rings (SSSR count). The number of rotatable bonds is 12. The number of nitrogens with zero attached hydrogens (tertiary/aromatic N) is 1. The maximum Gasteiger partial charge on any atom is 0.327 e. The molecule has 1 amide bonds. The van der Waals surface area contributed by atoms with Crippen LogP contribution < -0.4 is 10.2 Å². The average Bonchev–Trinajstić information content (AvgIpc) is 2.79. The van der Waals surface area contributed by atoms with Gasteiger partial charge < -0.3 is 15.3 Å². The molecule has 0 aromatic heterocycles. The summed E-state index contributed by atoms with van der Waals surface area (Å²) >= 11 is 2.55. The molecule has 8 heteroatoms. The number of benzene rings is 2. The SMILES string of the molecule is CCC(CSC(=O)c1ccccc1)C(=O)N[C@@H](CSCc1ccc(N(C)C)cc1)C(=O)O. The summed E-state index contributed by atoms with van der Waals surface area (Å²) in [5.74, 6) is -0.582. The number of hydrogen-bond acceptors (Lipinski definition) is 6. The zero-order valence-corrected chi connectivity index (χ0v) is 20.2. The van der Waals surface area contributed by atoms with Crippen LogP contribution in [0.3, 0.4) is 0 Å². The number of amides is 1. The third-order valence-corrected chi connectivity index (χ3v) is 7.08. The van der Waals surface area contributed by atoms with Crippen molar-refractivity contribution in [2.24, 2.45) is 5.92 Å². The predicted octanol–water partition coefficient (Wildman–Crippen LogP) is 4.16. The van der Waals surface area contributed by atoms with Gasteiger partial charge in [0.2, 0.25) is 11.0 Å². The largest absolute Gasteiger partial charge is 0.480 e. The number of hydrogen-bond donors (Lipinski definition) is 2. The molecule has 2 aromatic rings. The molecule has 0 aliphatic heterocycles. The van der Waals surface area contributed by atoms with Crippen LogP contribution in [0.5, 0.6) is 0 Å². The zero-order chi connectivity index (χ0) is 23.5. The monoisotopic (exact) mass is 474 g/mol. The van der Waals surface area contributed by atoms with Gasteiger partial charge in [-0.2, -0.15) is 11.8 Å². The van der Waals surface area contributed by atoms with Gasteiger partial charge in [-0.15, -0.1) is 0 Å². The van der Waals surface area contributed by atoms with Crippen molar-refractivity contribution < 1.29 is 19.5 Å². The summed E-state index contributed by atoms with van der Waals surface area (Å²) in [6.45, 7) is 1.86. The van der Waals surface area contributed by atoms with E-state index in [2.05, 4.69) is 5.32 Å². The normalized spacial score (nSPS) is 12.6. The number of anilines is 1. The highest BCUT2D eigenvalue weighted by Gasteiger charge is 2.25. The maximum absolute atomic E-state index is 12.7. The van der Waals surface area contributed by atoms with Crippen LogP contribution in [0.1, 0.15) is 29.3 Å². The molecule has 1 unspecified atom stereocenters. The van der Waals surface area contributed by atoms with E-state index in [1.54, 1.807) is 24.3 Å². The molecular weight excluding hydrogens is 444 g/mol. The van der Waals surface area contributed by atoms with Crippen molar-refractivity contribution in [3.63, 3.8) is 0 Å². The first-order valence-electron chi connectivity index (χ1n) is 10.4. The van der Waals surface area contributed by atoms with E-state index in [1.165, 1.54) is 11.8 Å². The number of carboxylic acids is 1. The van der Waals surface area contributed by atoms with E-state index in [0.717, 1.165) is 23.0 Å². The van der Waals surface area contributed by atoms with Crippen LogP contribution in [0, 0.1) is 5.92 Å². The standard InChI is InChI=1S/C24H30N2O4S2/c1-4-18(15-32-24(30)19-8-6-5-7-9-19)22(27)25-21(23(28)29)16-31-14-17-10-12-20(13-11-17)26(2)3/h5-13,18,21H,4,14-16H2,1-3H3,(H,25,27)(H,28,29)/t18?,21-/m0/s1. The fourth-order valence-corrected chi connectivity index (χ4v) is 4.91. The molecule has 2 aromatic carbocycles. The third kappa shape index (κ3) is 8.24. The number of aliphatic carboxylic acids is 1. The summed E-state index contributed by atoms with van der Waals surface area (Å²) in [4.78, 5) is 38.6. The van der Waals surface area contributed by atoms with Crippen molar-refractivity contribution in [2.45, 2.75) is 25.1 Å². The first kappa shape index (κ1) is 25.8. The van der Waals surface area contributed by atoms with E-state index in [9.17, 15) is 19.5 Å². The first-order valence-corrected chi connectivity index (χ1v) is 12.5. The van der Waals surface area contributed by atoms with Gasteiger partial charge in [-0.3, -0.25) is 9.59 Å². The predicted molar refractivity (Wildman–Crippen MR) is 134 cm³/mol. The molecule has 2 atom stereocenters. The van der Waals surface area contributed by atoms with Crippen LogP contribution in [-0.2, 0) is 15.3 Å². The van der Waals surface area contributed by atoms with E-state index in [-0.39, 0.29) is 16.8 Å². The first-order chi connectivity index (χ1) is 15.3. The summed E-state index contributed by atoms with van der Waals surface area (Å²) < 4.78 is 0. The Balaban J connectivity index is 1.84. The quantitative estimate of drug-likeness (QED) is 0.478. The molecule has 2 N–H and O–H groups in total. The maximum atomic E-state index is 12.7. The van der Waals surface area contributed by atoms with Crippen LogP contribution in [0.4, 0.5) is 5.69 Å². The van der Waals surface area contributed by atoms with Crippen LogP contribution in [0.25, 0.3) is 0 Å². The van der Waals surface area contributed by atoms with E-state index < -0.39 is 17.9 Å². The fraction of sp³-hybridized carbons (Fsp3) is 0.375. The second kappa shape index (κ2) is 13.2. The number of carbonyl (C=O) groups excluding carboxylic acids is 2. The smallest absolute Gasteiger partial charge is 0.327 e. The lowest BCUT2D eigenvalue weighted by Gasteiger charge is -2.19. The minimum Gasteiger partial charge on any atom is -0.480 e. The Bertz CT molecular complexity index is 889. The van der Waals surface area contributed by atoms with E-state index in [4.69, 9.17) is 0 Å².